The highest BCUT2D eigenvalue weighted by molar-refractivity contribution is 6.14. The molecule has 0 N–H and O–H groups in total. The number of fused-ring (bicyclic) bond motifs is 2. The largest absolute Gasteiger partial charge is 0.489 e. The van der Waals surface area contributed by atoms with Crippen LogP contribution >= 0.6 is 0 Å². The molecular weight excluding hydrogens is 482 g/mol. The first kappa shape index (κ1) is 23.2. The number of allylic oxidation sites excluding steroid dienone is 1. The number of nitrogens with zero attached hydrogens (tertiary/aromatic N) is 1. The fraction of sp³-hybridized carbons (Fsp3) is 0.0645. The van der Waals surface area contributed by atoms with E-state index >= 15 is 0 Å². The summed E-state index contributed by atoms with van der Waals surface area (Å²) in [6.07, 6.45) is 4.92. The van der Waals surface area contributed by atoms with E-state index in [1.165, 1.54) is 6.07 Å². The van der Waals surface area contributed by atoms with Crippen LogP contribution in [0.4, 0.5) is 0 Å². The molecule has 0 saturated carbocycles. The van der Waals surface area contributed by atoms with Crippen molar-refractivity contribution >= 4 is 28.8 Å². The Balaban J connectivity index is 1.22. The van der Waals surface area contributed by atoms with Gasteiger partial charge >= 0.3 is 5.97 Å². The van der Waals surface area contributed by atoms with Gasteiger partial charge in [0.2, 0.25) is 5.78 Å². The quantitative estimate of drug-likeness (QED) is 0.147. The van der Waals surface area contributed by atoms with E-state index in [2.05, 4.69) is 4.98 Å². The Bertz CT molecular complexity index is 1700. The van der Waals surface area contributed by atoms with E-state index in [9.17, 15) is 9.59 Å². The van der Waals surface area contributed by atoms with E-state index in [4.69, 9.17) is 18.6 Å². The van der Waals surface area contributed by atoms with Crippen molar-refractivity contribution in [3.63, 3.8) is 0 Å². The summed E-state index contributed by atoms with van der Waals surface area (Å²) >= 11 is 0. The Morgan fingerprint density at radius 2 is 1.74 bits per heavy atom. The third-order valence-electron chi connectivity index (χ3n) is 6.14. The molecule has 7 heteroatoms. The van der Waals surface area contributed by atoms with Crippen LogP contribution in [0.1, 0.15) is 37.6 Å². The van der Waals surface area contributed by atoms with Gasteiger partial charge in [-0.2, -0.15) is 0 Å². The average Bonchev–Trinajstić information content (AvgIpc) is 3.43. The van der Waals surface area contributed by atoms with Gasteiger partial charge in [0.05, 0.1) is 5.56 Å². The molecule has 0 fully saturated rings. The molecule has 1 aliphatic rings. The summed E-state index contributed by atoms with van der Waals surface area (Å²) in [6.45, 7) is 2.11. The zero-order valence-electron chi connectivity index (χ0n) is 20.3. The normalized spacial score (nSPS) is 13.4. The van der Waals surface area contributed by atoms with E-state index < -0.39 is 5.97 Å². The van der Waals surface area contributed by atoms with Crippen molar-refractivity contribution in [2.75, 3.05) is 0 Å². The van der Waals surface area contributed by atoms with Crippen LogP contribution in [0.5, 0.6) is 17.2 Å². The molecule has 38 heavy (non-hydrogen) atoms. The first-order valence-electron chi connectivity index (χ1n) is 12.0. The number of aryl methyl sites for hydroxylation is 1. The number of ketones is 1. The molecule has 0 atom stereocenters. The number of carbonyl (C=O) groups excluding carboxylic acids is 2. The SMILES string of the molecule is Cc1oc2ccc(OCc3ccccc3)cc2c1C(=O)Oc1ccc2c(c1)O/C(=C\c1ccncc1)C2=O. The summed E-state index contributed by atoms with van der Waals surface area (Å²) in [5, 5.41) is 0.591. The van der Waals surface area contributed by atoms with E-state index in [0.29, 0.717) is 46.0 Å². The second-order valence-electron chi connectivity index (χ2n) is 8.73. The third-order valence-corrected chi connectivity index (χ3v) is 6.14. The fourth-order valence-electron chi connectivity index (χ4n) is 4.28. The number of hydrogen-bond acceptors (Lipinski definition) is 7. The second-order valence-corrected chi connectivity index (χ2v) is 8.73. The molecule has 6 rings (SSSR count). The van der Waals surface area contributed by atoms with Crippen molar-refractivity contribution in [3.05, 3.63) is 125 Å². The number of carbonyl (C=O) groups is 2. The van der Waals surface area contributed by atoms with Crippen LogP contribution in [0.2, 0.25) is 0 Å². The van der Waals surface area contributed by atoms with Crippen LogP contribution < -0.4 is 14.2 Å². The van der Waals surface area contributed by atoms with Gasteiger partial charge in [0.1, 0.15) is 40.8 Å². The Morgan fingerprint density at radius 1 is 0.947 bits per heavy atom. The van der Waals surface area contributed by atoms with Crippen LogP contribution in [-0.2, 0) is 6.61 Å². The minimum absolute atomic E-state index is 0.189. The van der Waals surface area contributed by atoms with Crippen LogP contribution in [0.3, 0.4) is 0 Å². The lowest BCUT2D eigenvalue weighted by Crippen LogP contribution is -2.09. The maximum Gasteiger partial charge on any atom is 0.347 e. The molecule has 3 heterocycles. The Morgan fingerprint density at radius 3 is 2.55 bits per heavy atom. The van der Waals surface area contributed by atoms with Crippen molar-refractivity contribution in [1.29, 1.82) is 0 Å². The van der Waals surface area contributed by atoms with Gasteiger partial charge in [0, 0.05) is 23.8 Å². The van der Waals surface area contributed by atoms with E-state index in [1.807, 2.05) is 30.3 Å². The van der Waals surface area contributed by atoms with Crippen LogP contribution in [-0.4, -0.2) is 16.7 Å². The van der Waals surface area contributed by atoms with E-state index in [0.717, 1.165) is 11.1 Å². The first-order chi connectivity index (χ1) is 18.5. The summed E-state index contributed by atoms with van der Waals surface area (Å²) in [4.78, 5) is 29.9. The number of pyridine rings is 1. The highest BCUT2D eigenvalue weighted by atomic mass is 16.5. The summed E-state index contributed by atoms with van der Waals surface area (Å²) in [7, 11) is 0. The van der Waals surface area contributed by atoms with Gasteiger partial charge < -0.3 is 18.6 Å². The highest BCUT2D eigenvalue weighted by Crippen LogP contribution is 2.36. The molecule has 0 saturated heterocycles. The predicted molar refractivity (Wildman–Crippen MR) is 140 cm³/mol. The van der Waals surface area contributed by atoms with Crippen molar-refractivity contribution < 1.29 is 28.2 Å². The third kappa shape index (κ3) is 4.53. The van der Waals surface area contributed by atoms with Crippen molar-refractivity contribution in [2.24, 2.45) is 0 Å². The molecule has 0 unspecified atom stereocenters. The molecule has 5 aromatic rings. The summed E-state index contributed by atoms with van der Waals surface area (Å²) in [6, 6.07) is 23.4. The molecule has 2 aromatic heterocycles. The topological polar surface area (TPSA) is 87.9 Å². The highest BCUT2D eigenvalue weighted by Gasteiger charge is 2.28. The number of ether oxygens (including phenoxy) is 3. The average molecular weight is 504 g/mol. The second kappa shape index (κ2) is 9.71. The molecule has 1 aliphatic heterocycles. The number of rotatable bonds is 6. The Hall–Kier alpha value is -5.17. The molecule has 0 radical (unpaired) electrons. The summed E-state index contributed by atoms with van der Waals surface area (Å²) < 4.78 is 23.2. The van der Waals surface area contributed by atoms with Crippen molar-refractivity contribution in [3.8, 4) is 17.2 Å². The van der Waals surface area contributed by atoms with Crippen LogP contribution in [0, 0.1) is 6.92 Å². The van der Waals surface area contributed by atoms with Gasteiger partial charge in [-0.3, -0.25) is 9.78 Å². The molecule has 186 valence electrons. The number of aromatic nitrogens is 1. The molecule has 0 amide bonds. The van der Waals surface area contributed by atoms with Crippen LogP contribution in [0.15, 0.2) is 101 Å². The van der Waals surface area contributed by atoms with Gasteiger partial charge in [-0.25, -0.2) is 4.79 Å². The monoisotopic (exact) mass is 503 g/mol. The zero-order chi connectivity index (χ0) is 26.1. The van der Waals surface area contributed by atoms with Gasteiger partial charge in [-0.15, -0.1) is 0 Å². The Kier molecular flexibility index (Phi) is 5.94. The van der Waals surface area contributed by atoms with Gasteiger partial charge in [-0.05, 0) is 66.6 Å². The standard InChI is InChI=1S/C31H21NO6/c1-19-29(25-16-22(8-10-26(25)36-19)35-18-21-5-3-2-4-6-21)31(34)37-23-7-9-24-27(17-23)38-28(30(24)33)15-20-11-13-32-14-12-20/h2-17H,18H2,1H3/b28-15-. The first-order valence-corrected chi connectivity index (χ1v) is 12.0. The van der Waals surface area contributed by atoms with E-state index in [1.54, 1.807) is 67.9 Å². The number of esters is 1. The molecule has 0 spiro atoms. The number of hydrogen-bond donors (Lipinski definition) is 0. The smallest absolute Gasteiger partial charge is 0.347 e. The number of Topliss-reactive ketones (excluding diaryl/α,β-unsaturated/α-hetero) is 1. The van der Waals surface area contributed by atoms with Gasteiger partial charge in [0.15, 0.2) is 5.76 Å². The van der Waals surface area contributed by atoms with Crippen molar-refractivity contribution in [1.82, 2.24) is 4.98 Å². The van der Waals surface area contributed by atoms with Crippen LogP contribution in [0.25, 0.3) is 17.0 Å². The molecule has 7 nitrogen and oxygen atoms in total. The lowest BCUT2D eigenvalue weighted by Gasteiger charge is -2.07. The van der Waals surface area contributed by atoms with Gasteiger partial charge in [0.25, 0.3) is 0 Å². The van der Waals surface area contributed by atoms with Crippen molar-refractivity contribution in [2.45, 2.75) is 13.5 Å². The lowest BCUT2D eigenvalue weighted by molar-refractivity contribution is 0.0734. The van der Waals surface area contributed by atoms with E-state index in [-0.39, 0.29) is 17.3 Å². The Labute approximate surface area is 217 Å². The fourth-order valence-corrected chi connectivity index (χ4v) is 4.28. The maximum atomic E-state index is 13.2. The number of furan rings is 1. The maximum absolute atomic E-state index is 13.2. The molecule has 0 bridgehead atoms. The number of benzene rings is 3. The molecular formula is C31H21NO6. The minimum atomic E-state index is -0.585. The molecule has 3 aromatic carbocycles. The molecule has 0 aliphatic carbocycles. The lowest BCUT2D eigenvalue weighted by atomic mass is 10.1. The summed E-state index contributed by atoms with van der Waals surface area (Å²) in [5.41, 5.74) is 3.08. The minimum Gasteiger partial charge on any atom is -0.489 e. The zero-order valence-corrected chi connectivity index (χ0v) is 20.3. The summed E-state index contributed by atoms with van der Waals surface area (Å²) in [5.74, 6) is 0.972. The predicted octanol–water partition coefficient (Wildman–Crippen LogP) is 6.55. The van der Waals surface area contributed by atoms with Gasteiger partial charge in [-0.1, -0.05) is 30.3 Å².